The van der Waals surface area contributed by atoms with Crippen LogP contribution in [0.4, 0.5) is 0 Å². The van der Waals surface area contributed by atoms with Gasteiger partial charge < -0.3 is 9.84 Å². The van der Waals surface area contributed by atoms with E-state index in [0.717, 1.165) is 49.0 Å². The molecular formula is C29H42O3. The molecule has 9 unspecified atom stereocenters. The van der Waals surface area contributed by atoms with Crippen LogP contribution < -0.4 is 0 Å². The molecule has 3 nitrogen and oxygen atoms in total. The summed E-state index contributed by atoms with van der Waals surface area (Å²) >= 11 is 0. The van der Waals surface area contributed by atoms with E-state index in [2.05, 4.69) is 20.8 Å². The van der Waals surface area contributed by atoms with Crippen LogP contribution in [-0.2, 0) is 4.74 Å². The third kappa shape index (κ3) is 3.45. The van der Waals surface area contributed by atoms with Gasteiger partial charge >= 0.3 is 5.97 Å². The second-order valence-electron chi connectivity index (χ2n) is 12.2. The zero-order valence-electron chi connectivity index (χ0n) is 20.5. The summed E-state index contributed by atoms with van der Waals surface area (Å²) in [5.74, 6) is 3.09. The first kappa shape index (κ1) is 22.4. The number of aliphatic hydroxyl groups is 1. The molecule has 0 amide bonds. The molecule has 32 heavy (non-hydrogen) atoms. The van der Waals surface area contributed by atoms with Gasteiger partial charge in [-0.05, 0) is 111 Å². The van der Waals surface area contributed by atoms with Gasteiger partial charge in [0.1, 0.15) is 6.10 Å². The minimum absolute atomic E-state index is 0.0721. The van der Waals surface area contributed by atoms with Crippen LogP contribution in [0.2, 0.25) is 0 Å². The van der Waals surface area contributed by atoms with Gasteiger partial charge in [0.15, 0.2) is 0 Å². The molecule has 5 rings (SSSR count). The van der Waals surface area contributed by atoms with E-state index in [1.807, 2.05) is 31.2 Å². The van der Waals surface area contributed by atoms with Gasteiger partial charge in [-0.1, -0.05) is 44.9 Å². The minimum atomic E-state index is -0.259. The zero-order chi connectivity index (χ0) is 22.7. The van der Waals surface area contributed by atoms with Gasteiger partial charge in [-0.25, -0.2) is 4.79 Å². The van der Waals surface area contributed by atoms with E-state index in [4.69, 9.17) is 4.74 Å². The molecular weight excluding hydrogens is 396 g/mol. The maximum atomic E-state index is 12.7. The van der Waals surface area contributed by atoms with Crippen LogP contribution in [0.25, 0.3) is 0 Å². The Labute approximate surface area is 194 Å². The highest BCUT2D eigenvalue weighted by Gasteiger charge is 2.61. The number of carbonyl (C=O) groups excluding carboxylic acids is 1. The van der Waals surface area contributed by atoms with Gasteiger partial charge in [-0.15, -0.1) is 0 Å². The molecule has 9 atom stereocenters. The zero-order valence-corrected chi connectivity index (χ0v) is 20.5. The Balaban J connectivity index is 1.31. The summed E-state index contributed by atoms with van der Waals surface area (Å²) in [6.45, 7) is 9.40. The largest absolute Gasteiger partial charge is 0.459 e. The Morgan fingerprint density at radius 3 is 2.53 bits per heavy atom. The summed E-state index contributed by atoms with van der Waals surface area (Å²) in [5, 5.41) is 11.4. The number of aliphatic hydroxyl groups excluding tert-OH is 1. The van der Waals surface area contributed by atoms with E-state index in [1.54, 1.807) is 0 Å². The van der Waals surface area contributed by atoms with Crippen molar-refractivity contribution in [2.45, 2.75) is 97.7 Å². The lowest BCUT2D eigenvalue weighted by Crippen LogP contribution is -2.58. The summed E-state index contributed by atoms with van der Waals surface area (Å²) in [6, 6.07) is 7.66. The molecule has 0 aromatic heterocycles. The van der Waals surface area contributed by atoms with E-state index in [1.165, 1.54) is 32.1 Å². The average molecular weight is 439 g/mol. The fourth-order valence-corrected chi connectivity index (χ4v) is 9.14. The Morgan fingerprint density at radius 1 is 1.03 bits per heavy atom. The molecule has 0 radical (unpaired) electrons. The molecule has 176 valence electrons. The van der Waals surface area contributed by atoms with Crippen molar-refractivity contribution >= 4 is 5.97 Å². The Kier molecular flexibility index (Phi) is 5.72. The third-order valence-corrected chi connectivity index (χ3v) is 10.8. The number of hydrogen-bond acceptors (Lipinski definition) is 3. The van der Waals surface area contributed by atoms with Crippen molar-refractivity contribution in [2.24, 2.45) is 40.4 Å². The van der Waals surface area contributed by atoms with Crippen LogP contribution in [0.3, 0.4) is 0 Å². The molecule has 4 aliphatic rings. The lowest BCUT2D eigenvalue weighted by Gasteiger charge is -2.62. The molecule has 0 aliphatic heterocycles. The molecule has 3 heteroatoms. The van der Waals surface area contributed by atoms with Crippen LogP contribution >= 0.6 is 0 Å². The second kappa shape index (κ2) is 8.15. The first-order valence-electron chi connectivity index (χ1n) is 13.2. The highest BCUT2D eigenvalue weighted by Crippen LogP contribution is 2.67. The highest BCUT2D eigenvalue weighted by molar-refractivity contribution is 5.89. The number of carbonyl (C=O) groups is 1. The number of benzene rings is 1. The quantitative estimate of drug-likeness (QED) is 0.544. The van der Waals surface area contributed by atoms with Crippen LogP contribution in [-0.4, -0.2) is 23.3 Å². The monoisotopic (exact) mass is 438 g/mol. The number of ether oxygens (including phenoxy) is 1. The van der Waals surface area contributed by atoms with Gasteiger partial charge in [-0.2, -0.15) is 0 Å². The fourth-order valence-electron chi connectivity index (χ4n) is 9.14. The van der Waals surface area contributed by atoms with Crippen molar-refractivity contribution in [1.29, 1.82) is 0 Å². The minimum Gasteiger partial charge on any atom is -0.459 e. The Hall–Kier alpha value is -1.35. The predicted molar refractivity (Wildman–Crippen MR) is 127 cm³/mol. The molecule has 0 bridgehead atoms. The van der Waals surface area contributed by atoms with Gasteiger partial charge in [0.05, 0.1) is 11.7 Å². The van der Waals surface area contributed by atoms with Crippen molar-refractivity contribution in [3.05, 3.63) is 35.4 Å². The van der Waals surface area contributed by atoms with Crippen LogP contribution in [0, 0.1) is 47.3 Å². The van der Waals surface area contributed by atoms with Crippen LogP contribution in [0.5, 0.6) is 0 Å². The molecule has 0 saturated heterocycles. The topological polar surface area (TPSA) is 46.5 Å². The third-order valence-electron chi connectivity index (χ3n) is 10.8. The Bertz CT molecular complexity index is 864. The lowest BCUT2D eigenvalue weighted by atomic mass is 9.44. The molecule has 4 aliphatic carbocycles. The number of esters is 1. The first-order chi connectivity index (χ1) is 15.3. The predicted octanol–water partition coefficient (Wildman–Crippen LogP) is 6.56. The van der Waals surface area contributed by atoms with Crippen molar-refractivity contribution in [3.8, 4) is 0 Å². The van der Waals surface area contributed by atoms with E-state index in [0.29, 0.717) is 16.9 Å². The molecule has 4 saturated carbocycles. The summed E-state index contributed by atoms with van der Waals surface area (Å²) in [7, 11) is 0. The SMILES string of the molecule is CCC1CCC2C3CC(O)C4CC(OC(=O)c5cccc(C)c5)CCC4(C)C3CCC12C. The van der Waals surface area contributed by atoms with E-state index >= 15 is 0 Å². The number of fused-ring (bicyclic) bond motifs is 5. The lowest BCUT2D eigenvalue weighted by molar-refractivity contribution is -0.171. The standard InChI is InChI=1S/C29H42O3/c1-5-20-9-10-23-22-17-26(30)25-16-21(32-27(31)19-8-6-7-18(2)15-19)11-13-29(25,4)24(22)12-14-28(20,23)3/h6-8,15,20-26,30H,5,9-14,16-17H2,1-4H3. The molecule has 1 aromatic rings. The van der Waals surface area contributed by atoms with E-state index in [9.17, 15) is 9.90 Å². The maximum absolute atomic E-state index is 12.7. The molecule has 0 heterocycles. The molecule has 4 fully saturated rings. The van der Waals surface area contributed by atoms with Crippen molar-refractivity contribution in [2.75, 3.05) is 0 Å². The fraction of sp³-hybridized carbons (Fsp3) is 0.759. The van der Waals surface area contributed by atoms with Gasteiger partial charge in [0, 0.05) is 0 Å². The summed E-state index contributed by atoms with van der Waals surface area (Å²) in [4.78, 5) is 12.7. The summed E-state index contributed by atoms with van der Waals surface area (Å²) in [6.07, 6.45) is 10.2. The van der Waals surface area contributed by atoms with E-state index < -0.39 is 0 Å². The van der Waals surface area contributed by atoms with Crippen molar-refractivity contribution < 1.29 is 14.6 Å². The average Bonchev–Trinajstić information content (AvgIpc) is 3.11. The summed E-state index contributed by atoms with van der Waals surface area (Å²) in [5.41, 5.74) is 2.38. The van der Waals surface area contributed by atoms with Crippen molar-refractivity contribution in [3.63, 3.8) is 0 Å². The first-order valence-corrected chi connectivity index (χ1v) is 13.2. The van der Waals surface area contributed by atoms with Crippen LogP contribution in [0.1, 0.15) is 94.5 Å². The smallest absolute Gasteiger partial charge is 0.338 e. The number of hydrogen-bond donors (Lipinski definition) is 1. The van der Waals surface area contributed by atoms with Crippen LogP contribution in [0.15, 0.2) is 24.3 Å². The summed E-state index contributed by atoms with van der Waals surface area (Å²) < 4.78 is 5.97. The van der Waals surface area contributed by atoms with E-state index in [-0.39, 0.29) is 29.5 Å². The van der Waals surface area contributed by atoms with Gasteiger partial charge in [0.2, 0.25) is 0 Å². The highest BCUT2D eigenvalue weighted by atomic mass is 16.5. The molecule has 1 N–H and O–H groups in total. The second-order valence-corrected chi connectivity index (χ2v) is 12.2. The Morgan fingerprint density at radius 2 is 1.78 bits per heavy atom. The molecule has 0 spiro atoms. The van der Waals surface area contributed by atoms with Gasteiger partial charge in [-0.3, -0.25) is 0 Å². The normalized spacial score (nSPS) is 45.5. The maximum Gasteiger partial charge on any atom is 0.338 e. The number of aryl methyl sites for hydroxylation is 1. The number of rotatable bonds is 3. The molecule has 1 aromatic carbocycles. The van der Waals surface area contributed by atoms with Gasteiger partial charge in [0.25, 0.3) is 0 Å². The van der Waals surface area contributed by atoms with Crippen molar-refractivity contribution in [1.82, 2.24) is 0 Å².